The molecule has 0 spiro atoms. The van der Waals surface area contributed by atoms with Crippen LogP contribution in [0.5, 0.6) is 5.75 Å². The molecule has 6 nitrogen and oxygen atoms in total. The molecule has 0 saturated carbocycles. The monoisotopic (exact) mass is 442 g/mol. The summed E-state index contributed by atoms with van der Waals surface area (Å²) in [5, 5.41) is 3.11. The van der Waals surface area contributed by atoms with E-state index in [2.05, 4.69) is 5.32 Å². The third-order valence-corrected chi connectivity index (χ3v) is 6.36. The Balaban J connectivity index is 2.43. The average Bonchev–Trinajstić information content (AvgIpc) is 2.65. The zero-order valence-electron chi connectivity index (χ0n) is 16.1. The summed E-state index contributed by atoms with van der Waals surface area (Å²) >= 11 is 7.67. The molecule has 0 aromatic heterocycles. The van der Waals surface area contributed by atoms with Crippen molar-refractivity contribution in [1.82, 2.24) is 0 Å². The fraction of sp³-hybridized carbons (Fsp3) is 0.316. The number of rotatable bonds is 8. The molecule has 2 rings (SSSR count). The highest BCUT2D eigenvalue weighted by Crippen LogP contribution is 2.32. The Morgan fingerprint density at radius 2 is 1.96 bits per heavy atom. The van der Waals surface area contributed by atoms with Crippen molar-refractivity contribution in [3.8, 4) is 5.75 Å². The van der Waals surface area contributed by atoms with Crippen molar-refractivity contribution in [2.24, 2.45) is 0 Å². The first-order valence-corrected chi connectivity index (χ1v) is 11.9. The minimum absolute atomic E-state index is 0.261. The van der Waals surface area contributed by atoms with Gasteiger partial charge in [0.25, 0.3) is 0 Å². The van der Waals surface area contributed by atoms with Gasteiger partial charge in [-0.25, -0.2) is 8.42 Å². The average molecular weight is 443 g/mol. The number of carbonyl (C=O) groups is 1. The Morgan fingerprint density at radius 3 is 2.50 bits per heavy atom. The molecule has 0 aliphatic heterocycles. The molecule has 0 saturated heterocycles. The van der Waals surface area contributed by atoms with Crippen LogP contribution in [0.15, 0.2) is 47.4 Å². The Kier molecular flexibility index (Phi) is 7.63. The number of hydrogen-bond acceptors (Lipinski definition) is 5. The summed E-state index contributed by atoms with van der Waals surface area (Å²) in [7, 11) is -2.28. The van der Waals surface area contributed by atoms with E-state index in [1.54, 1.807) is 25.1 Å². The molecule has 1 atom stereocenters. The Labute approximate surface area is 175 Å². The van der Waals surface area contributed by atoms with Crippen molar-refractivity contribution in [2.45, 2.75) is 24.3 Å². The number of para-hydroxylation sites is 1. The van der Waals surface area contributed by atoms with E-state index in [1.807, 2.05) is 24.5 Å². The van der Waals surface area contributed by atoms with Crippen molar-refractivity contribution in [3.05, 3.63) is 47.5 Å². The Morgan fingerprint density at radius 1 is 1.29 bits per heavy atom. The zero-order valence-corrected chi connectivity index (χ0v) is 18.5. The van der Waals surface area contributed by atoms with Crippen LogP contribution in [0.2, 0.25) is 5.02 Å². The number of carbonyl (C=O) groups excluding carboxylic acids is 1. The van der Waals surface area contributed by atoms with Crippen molar-refractivity contribution in [2.75, 3.05) is 29.2 Å². The van der Waals surface area contributed by atoms with Gasteiger partial charge in [0.1, 0.15) is 11.8 Å². The van der Waals surface area contributed by atoms with E-state index in [9.17, 15) is 13.2 Å². The van der Waals surface area contributed by atoms with Gasteiger partial charge >= 0.3 is 0 Å². The summed E-state index contributed by atoms with van der Waals surface area (Å²) < 4.78 is 31.3. The minimum Gasteiger partial charge on any atom is -0.495 e. The maximum absolute atomic E-state index is 13.0. The quantitative estimate of drug-likeness (QED) is 0.618. The fourth-order valence-electron chi connectivity index (χ4n) is 2.82. The SMILES string of the molecule is CC[C@H](C(=O)Nc1ccccc1SC)N(c1ccc(OC)c(Cl)c1)S(C)(=O)=O. The normalized spacial score (nSPS) is 12.3. The lowest BCUT2D eigenvalue weighted by atomic mass is 10.1. The number of nitrogens with zero attached hydrogens (tertiary/aromatic N) is 1. The van der Waals surface area contributed by atoms with Crippen LogP contribution in [0.1, 0.15) is 13.3 Å². The maximum Gasteiger partial charge on any atom is 0.248 e. The zero-order chi connectivity index (χ0) is 20.9. The molecular formula is C19H23ClN2O4S2. The van der Waals surface area contributed by atoms with Crippen LogP contribution in [0.4, 0.5) is 11.4 Å². The number of nitrogens with one attached hydrogen (secondary N) is 1. The highest BCUT2D eigenvalue weighted by atomic mass is 35.5. The van der Waals surface area contributed by atoms with Gasteiger partial charge in [0.05, 0.1) is 29.8 Å². The summed E-state index contributed by atoms with van der Waals surface area (Å²) in [5.74, 6) is 0.00614. The number of thioether (sulfide) groups is 1. The van der Waals surface area contributed by atoms with Crippen molar-refractivity contribution < 1.29 is 17.9 Å². The van der Waals surface area contributed by atoms with Crippen molar-refractivity contribution in [3.63, 3.8) is 0 Å². The number of ether oxygens (including phenoxy) is 1. The van der Waals surface area contributed by atoms with Gasteiger partial charge < -0.3 is 10.1 Å². The molecule has 0 unspecified atom stereocenters. The van der Waals surface area contributed by atoms with E-state index >= 15 is 0 Å². The number of anilines is 2. The molecule has 0 heterocycles. The lowest BCUT2D eigenvalue weighted by Gasteiger charge is -2.30. The highest BCUT2D eigenvalue weighted by molar-refractivity contribution is 7.98. The van der Waals surface area contributed by atoms with Crippen LogP contribution in [-0.4, -0.2) is 40.0 Å². The second kappa shape index (κ2) is 9.54. The third-order valence-electron chi connectivity index (χ3n) is 4.08. The molecule has 152 valence electrons. The van der Waals surface area contributed by atoms with Crippen LogP contribution in [-0.2, 0) is 14.8 Å². The number of methoxy groups -OCH3 is 1. The summed E-state index contributed by atoms with van der Waals surface area (Å²) in [5.41, 5.74) is 0.938. The van der Waals surface area contributed by atoms with Crippen LogP contribution in [0.3, 0.4) is 0 Å². The molecule has 1 amide bonds. The molecule has 0 bridgehead atoms. The number of halogens is 1. The van der Waals surface area contributed by atoms with E-state index in [0.717, 1.165) is 15.5 Å². The molecule has 1 N–H and O–H groups in total. The molecule has 2 aromatic rings. The minimum atomic E-state index is -3.75. The first-order chi connectivity index (χ1) is 13.2. The lowest BCUT2D eigenvalue weighted by Crippen LogP contribution is -2.47. The second-order valence-corrected chi connectivity index (χ2v) is 9.11. The molecule has 0 radical (unpaired) electrons. The third kappa shape index (κ3) is 5.12. The van der Waals surface area contributed by atoms with Gasteiger partial charge in [-0.1, -0.05) is 30.7 Å². The second-order valence-electron chi connectivity index (χ2n) is 5.99. The standard InChI is InChI=1S/C19H23ClN2O4S2/c1-5-16(19(23)21-15-8-6-7-9-18(15)27-3)22(28(4,24)25)13-10-11-17(26-2)14(20)12-13/h6-12,16H,5H2,1-4H3,(H,21,23)/t16-/m1/s1. The molecular weight excluding hydrogens is 420 g/mol. The largest absolute Gasteiger partial charge is 0.495 e. The van der Waals surface area contributed by atoms with Crippen LogP contribution in [0, 0.1) is 0 Å². The van der Waals surface area contributed by atoms with E-state index in [-0.39, 0.29) is 11.4 Å². The van der Waals surface area contributed by atoms with E-state index < -0.39 is 22.0 Å². The molecule has 2 aromatic carbocycles. The Hall–Kier alpha value is -1.90. The van der Waals surface area contributed by atoms with Crippen molar-refractivity contribution in [1.29, 1.82) is 0 Å². The maximum atomic E-state index is 13.0. The predicted octanol–water partition coefficient (Wildman–Crippen LogP) is 4.25. The van der Waals surface area contributed by atoms with Gasteiger partial charge in [0, 0.05) is 4.90 Å². The van der Waals surface area contributed by atoms with Crippen LogP contribution in [0.25, 0.3) is 0 Å². The fourth-order valence-corrected chi connectivity index (χ4v) is 4.83. The molecule has 0 aliphatic rings. The van der Waals surface area contributed by atoms with Gasteiger partial charge in [0.15, 0.2) is 0 Å². The molecule has 0 fully saturated rings. The summed E-state index contributed by atoms with van der Waals surface area (Å²) in [6, 6.07) is 11.0. The molecule has 28 heavy (non-hydrogen) atoms. The first kappa shape index (κ1) is 22.4. The Bertz CT molecular complexity index is 951. The van der Waals surface area contributed by atoms with Crippen molar-refractivity contribution >= 4 is 50.7 Å². The van der Waals surface area contributed by atoms with Gasteiger partial charge in [-0.2, -0.15) is 0 Å². The summed E-state index contributed by atoms with van der Waals surface area (Å²) in [6.45, 7) is 1.76. The van der Waals surface area contributed by atoms with E-state index in [1.165, 1.54) is 24.9 Å². The van der Waals surface area contributed by atoms with Gasteiger partial charge in [-0.15, -0.1) is 11.8 Å². The van der Waals surface area contributed by atoms with Gasteiger partial charge in [-0.3, -0.25) is 9.10 Å². The summed E-state index contributed by atoms with van der Waals surface area (Å²) in [6.07, 6.45) is 3.26. The number of sulfonamides is 1. The first-order valence-electron chi connectivity index (χ1n) is 8.49. The predicted molar refractivity (Wildman–Crippen MR) is 116 cm³/mol. The molecule has 9 heteroatoms. The molecule has 0 aliphatic carbocycles. The van der Waals surface area contributed by atoms with E-state index in [0.29, 0.717) is 17.1 Å². The smallest absolute Gasteiger partial charge is 0.248 e. The summed E-state index contributed by atoms with van der Waals surface area (Å²) in [4.78, 5) is 13.9. The van der Waals surface area contributed by atoms with Crippen LogP contribution < -0.4 is 14.4 Å². The number of amides is 1. The number of hydrogen-bond donors (Lipinski definition) is 1. The highest BCUT2D eigenvalue weighted by Gasteiger charge is 2.32. The topological polar surface area (TPSA) is 75.7 Å². The number of benzene rings is 2. The van der Waals surface area contributed by atoms with Crippen LogP contribution >= 0.6 is 23.4 Å². The van der Waals surface area contributed by atoms with Gasteiger partial charge in [-0.05, 0) is 43.0 Å². The van der Waals surface area contributed by atoms with Gasteiger partial charge in [0.2, 0.25) is 15.9 Å². The van der Waals surface area contributed by atoms with E-state index in [4.69, 9.17) is 16.3 Å². The lowest BCUT2D eigenvalue weighted by molar-refractivity contribution is -0.117.